The molecule has 0 fully saturated rings. The van der Waals surface area contributed by atoms with Gasteiger partial charge in [0.15, 0.2) is 4.90 Å². The number of rotatable bonds is 5. The number of carbonyl (C=O) groups is 1. The lowest BCUT2D eigenvalue weighted by molar-refractivity contribution is 0.0522. The first-order valence-electron chi connectivity index (χ1n) is 5.68. The Hall–Kier alpha value is -0.960. The number of carbonyl (C=O) groups excluding carboxylic acids is 1. The first kappa shape index (κ1) is 13.1. The van der Waals surface area contributed by atoms with Crippen molar-refractivity contribution in [3.05, 3.63) is 29.8 Å². The van der Waals surface area contributed by atoms with Gasteiger partial charge in [-0.3, -0.25) is 0 Å². The molecule has 0 aliphatic rings. The Balaban J connectivity index is 3.03. The molecule has 0 heterocycles. The Kier molecular flexibility index (Phi) is 5.39. The number of ether oxygens (including phenoxy) is 1. The predicted molar refractivity (Wildman–Crippen MR) is 69.1 cm³/mol. The third kappa shape index (κ3) is 3.01. The molecule has 0 bridgehead atoms. The molecule has 2 nitrogen and oxygen atoms in total. The van der Waals surface area contributed by atoms with Crippen LogP contribution in [0.5, 0.6) is 0 Å². The second-order valence-electron chi connectivity index (χ2n) is 3.29. The minimum Gasteiger partial charge on any atom is -0.462 e. The van der Waals surface area contributed by atoms with Crippen molar-refractivity contribution in [1.82, 2.24) is 0 Å². The monoisotopic (exact) mass is 239 g/mol. The highest BCUT2D eigenvalue weighted by Crippen LogP contribution is 2.20. The van der Waals surface area contributed by atoms with Gasteiger partial charge in [0.25, 0.3) is 0 Å². The van der Waals surface area contributed by atoms with Gasteiger partial charge in [-0.15, -0.1) is 0 Å². The molecule has 1 rings (SSSR count). The third-order valence-electron chi connectivity index (χ3n) is 2.39. The SMILES string of the molecule is CCOC(=O)c1ccccc1[S+](CC)CC. The van der Waals surface area contributed by atoms with Gasteiger partial charge in [0.2, 0.25) is 0 Å². The fourth-order valence-electron chi connectivity index (χ4n) is 1.61. The Bertz CT molecular complexity index is 346. The molecule has 0 atom stereocenters. The topological polar surface area (TPSA) is 26.3 Å². The quantitative estimate of drug-likeness (QED) is 0.583. The molecule has 0 radical (unpaired) electrons. The molecule has 0 spiro atoms. The molecule has 88 valence electrons. The van der Waals surface area contributed by atoms with Crippen LogP contribution >= 0.6 is 0 Å². The van der Waals surface area contributed by atoms with Gasteiger partial charge in [-0.1, -0.05) is 12.1 Å². The zero-order valence-electron chi connectivity index (χ0n) is 10.2. The summed E-state index contributed by atoms with van der Waals surface area (Å²) in [4.78, 5) is 12.9. The molecule has 0 saturated carbocycles. The van der Waals surface area contributed by atoms with E-state index in [0.29, 0.717) is 6.61 Å². The van der Waals surface area contributed by atoms with E-state index in [4.69, 9.17) is 4.74 Å². The number of benzene rings is 1. The average molecular weight is 239 g/mol. The van der Waals surface area contributed by atoms with Crippen molar-refractivity contribution in [3.63, 3.8) is 0 Å². The van der Waals surface area contributed by atoms with E-state index < -0.39 is 0 Å². The highest BCUT2D eigenvalue weighted by Gasteiger charge is 2.24. The van der Waals surface area contributed by atoms with Gasteiger partial charge in [0.1, 0.15) is 17.1 Å². The molecule has 0 N–H and O–H groups in total. The summed E-state index contributed by atoms with van der Waals surface area (Å²) >= 11 is 0. The second-order valence-corrected chi connectivity index (χ2v) is 5.87. The first-order chi connectivity index (χ1) is 7.74. The van der Waals surface area contributed by atoms with Crippen LogP contribution in [-0.2, 0) is 15.6 Å². The van der Waals surface area contributed by atoms with Crippen LogP contribution in [0, 0.1) is 0 Å². The average Bonchev–Trinajstić information content (AvgIpc) is 2.31. The summed E-state index contributed by atoms with van der Waals surface area (Å²) in [6, 6.07) is 7.78. The van der Waals surface area contributed by atoms with Crippen molar-refractivity contribution in [2.24, 2.45) is 0 Å². The van der Waals surface area contributed by atoms with Gasteiger partial charge in [0.05, 0.1) is 6.61 Å². The van der Waals surface area contributed by atoms with Crippen LogP contribution in [0.4, 0.5) is 0 Å². The molecule has 1 aromatic carbocycles. The minimum atomic E-state index is -0.197. The number of esters is 1. The zero-order chi connectivity index (χ0) is 12.0. The van der Waals surface area contributed by atoms with Gasteiger partial charge < -0.3 is 4.74 Å². The summed E-state index contributed by atoms with van der Waals surface area (Å²) in [7, 11) is 0.162. The fourth-order valence-corrected chi connectivity index (χ4v) is 3.37. The van der Waals surface area contributed by atoms with Crippen molar-refractivity contribution < 1.29 is 9.53 Å². The van der Waals surface area contributed by atoms with Crippen molar-refractivity contribution >= 4 is 16.9 Å². The Morgan fingerprint density at radius 2 is 1.81 bits per heavy atom. The van der Waals surface area contributed by atoms with Crippen molar-refractivity contribution in [2.75, 3.05) is 18.1 Å². The van der Waals surface area contributed by atoms with Crippen LogP contribution < -0.4 is 0 Å². The van der Waals surface area contributed by atoms with Crippen LogP contribution in [0.1, 0.15) is 31.1 Å². The van der Waals surface area contributed by atoms with Crippen molar-refractivity contribution in [3.8, 4) is 0 Å². The molecule has 0 saturated heterocycles. The maximum atomic E-state index is 11.8. The molecule has 0 amide bonds. The lowest BCUT2D eigenvalue weighted by Crippen LogP contribution is -2.15. The van der Waals surface area contributed by atoms with Gasteiger partial charge in [-0.25, -0.2) is 4.79 Å². The Labute approximate surface area is 100 Å². The summed E-state index contributed by atoms with van der Waals surface area (Å²) in [5, 5.41) is 0. The molecule has 3 heteroatoms. The lowest BCUT2D eigenvalue weighted by Gasteiger charge is -2.08. The van der Waals surface area contributed by atoms with Gasteiger partial charge in [-0.05, 0) is 32.9 Å². The van der Waals surface area contributed by atoms with Crippen LogP contribution in [-0.4, -0.2) is 24.1 Å². The maximum Gasteiger partial charge on any atom is 0.343 e. The second kappa shape index (κ2) is 6.59. The number of hydrogen-bond acceptors (Lipinski definition) is 2. The molecule has 0 unspecified atom stereocenters. The van der Waals surface area contributed by atoms with E-state index in [0.717, 1.165) is 22.0 Å². The summed E-state index contributed by atoms with van der Waals surface area (Å²) in [5.41, 5.74) is 0.733. The van der Waals surface area contributed by atoms with E-state index in [-0.39, 0.29) is 16.9 Å². The molecule has 1 aromatic rings. The highest BCUT2D eigenvalue weighted by molar-refractivity contribution is 7.96. The van der Waals surface area contributed by atoms with Gasteiger partial charge >= 0.3 is 5.97 Å². The van der Waals surface area contributed by atoms with E-state index in [1.54, 1.807) is 0 Å². The van der Waals surface area contributed by atoms with E-state index in [1.807, 2.05) is 31.2 Å². The smallest absolute Gasteiger partial charge is 0.343 e. The number of hydrogen-bond donors (Lipinski definition) is 0. The minimum absolute atomic E-state index is 0.162. The van der Waals surface area contributed by atoms with Crippen LogP contribution in [0.2, 0.25) is 0 Å². The molecule has 16 heavy (non-hydrogen) atoms. The van der Waals surface area contributed by atoms with E-state index in [1.165, 1.54) is 0 Å². The maximum absolute atomic E-state index is 11.8. The fraction of sp³-hybridized carbons (Fsp3) is 0.462. The highest BCUT2D eigenvalue weighted by atomic mass is 32.2. The molecular formula is C13H19O2S+. The van der Waals surface area contributed by atoms with Crippen LogP contribution in [0.25, 0.3) is 0 Å². The Morgan fingerprint density at radius 3 is 2.38 bits per heavy atom. The van der Waals surface area contributed by atoms with E-state index in [2.05, 4.69) is 13.8 Å². The van der Waals surface area contributed by atoms with Gasteiger partial charge in [0, 0.05) is 10.9 Å². The summed E-state index contributed by atoms with van der Waals surface area (Å²) in [6.07, 6.45) is 0. The van der Waals surface area contributed by atoms with Gasteiger partial charge in [-0.2, -0.15) is 0 Å². The van der Waals surface area contributed by atoms with Crippen LogP contribution in [0.3, 0.4) is 0 Å². The predicted octanol–water partition coefficient (Wildman–Crippen LogP) is 2.88. The van der Waals surface area contributed by atoms with E-state index >= 15 is 0 Å². The summed E-state index contributed by atoms with van der Waals surface area (Å²) in [5.74, 6) is 1.96. The zero-order valence-corrected chi connectivity index (χ0v) is 11.0. The first-order valence-corrected chi connectivity index (χ1v) is 7.24. The Morgan fingerprint density at radius 1 is 1.19 bits per heavy atom. The third-order valence-corrected chi connectivity index (χ3v) is 4.76. The molecule has 0 aliphatic heterocycles. The van der Waals surface area contributed by atoms with Crippen LogP contribution in [0.15, 0.2) is 29.2 Å². The van der Waals surface area contributed by atoms with E-state index in [9.17, 15) is 4.79 Å². The standard InChI is InChI=1S/C13H19O2S/c1-4-15-13(14)11-9-7-8-10-12(11)16(5-2)6-3/h7-10H,4-6H2,1-3H3/q+1. The summed E-state index contributed by atoms with van der Waals surface area (Å²) in [6.45, 7) is 6.59. The summed E-state index contributed by atoms with van der Waals surface area (Å²) < 4.78 is 5.07. The molecular weight excluding hydrogens is 220 g/mol. The molecule has 0 aliphatic carbocycles. The molecule has 0 aromatic heterocycles. The van der Waals surface area contributed by atoms with Crippen molar-refractivity contribution in [2.45, 2.75) is 25.7 Å². The largest absolute Gasteiger partial charge is 0.462 e. The van der Waals surface area contributed by atoms with Crippen molar-refractivity contribution in [1.29, 1.82) is 0 Å². The normalized spacial score (nSPS) is 10.5. The lowest BCUT2D eigenvalue weighted by atomic mass is 10.2.